The molecule has 2 unspecified atom stereocenters. The van der Waals surface area contributed by atoms with E-state index in [4.69, 9.17) is 4.74 Å². The number of carbonyl (C=O) groups excluding carboxylic acids is 1. The molecule has 2 atom stereocenters. The molecule has 1 aliphatic rings. The van der Waals surface area contributed by atoms with Crippen molar-refractivity contribution in [1.82, 2.24) is 4.90 Å². The number of halogens is 1. The van der Waals surface area contributed by atoms with Crippen LogP contribution >= 0.6 is 0 Å². The number of rotatable bonds is 3. The zero-order valence-corrected chi connectivity index (χ0v) is 13.1. The van der Waals surface area contributed by atoms with Crippen LogP contribution in [0.25, 0.3) is 0 Å². The number of morpholine rings is 1. The molecule has 1 saturated heterocycles. The van der Waals surface area contributed by atoms with Crippen LogP contribution in [-0.4, -0.2) is 36.1 Å². The lowest BCUT2D eigenvalue weighted by Gasteiger charge is -2.37. The normalized spacial score (nSPS) is 21.2. The molecule has 1 fully saturated rings. The van der Waals surface area contributed by atoms with Gasteiger partial charge in [-0.2, -0.15) is 0 Å². The first kappa shape index (κ1) is 15.7. The maximum Gasteiger partial charge on any atom is 0.254 e. The van der Waals surface area contributed by atoms with Crippen molar-refractivity contribution in [2.24, 2.45) is 0 Å². The summed E-state index contributed by atoms with van der Waals surface area (Å²) in [7, 11) is 0. The van der Waals surface area contributed by atoms with Crippen molar-refractivity contribution in [3.8, 4) is 0 Å². The summed E-state index contributed by atoms with van der Waals surface area (Å²) in [5, 5.41) is 0. The summed E-state index contributed by atoms with van der Waals surface area (Å²) in [6.07, 6.45) is 0.687. The van der Waals surface area contributed by atoms with Gasteiger partial charge in [-0.15, -0.1) is 0 Å². The number of hydrogen-bond acceptors (Lipinski definition) is 2. The van der Waals surface area contributed by atoms with Gasteiger partial charge < -0.3 is 9.64 Å². The highest BCUT2D eigenvalue weighted by Gasteiger charge is 2.29. The lowest BCUT2D eigenvalue weighted by molar-refractivity contribution is -0.0664. The Hall–Kier alpha value is -2.20. The molecule has 2 aromatic rings. The van der Waals surface area contributed by atoms with Crippen molar-refractivity contribution < 1.29 is 13.9 Å². The van der Waals surface area contributed by atoms with E-state index in [0.717, 1.165) is 6.42 Å². The van der Waals surface area contributed by atoms with E-state index in [2.05, 4.69) is 12.1 Å². The van der Waals surface area contributed by atoms with Crippen LogP contribution in [0.1, 0.15) is 22.8 Å². The minimum Gasteiger partial charge on any atom is -0.371 e. The van der Waals surface area contributed by atoms with E-state index in [1.165, 1.54) is 17.7 Å². The van der Waals surface area contributed by atoms with Crippen molar-refractivity contribution in [3.63, 3.8) is 0 Å². The van der Waals surface area contributed by atoms with Crippen LogP contribution in [-0.2, 0) is 11.2 Å². The van der Waals surface area contributed by atoms with Crippen LogP contribution in [0.3, 0.4) is 0 Å². The molecule has 0 radical (unpaired) electrons. The van der Waals surface area contributed by atoms with Crippen LogP contribution < -0.4 is 0 Å². The zero-order chi connectivity index (χ0) is 16.2. The molecular formula is C19H20FNO2. The Labute approximate surface area is 135 Å². The lowest BCUT2D eigenvalue weighted by Crippen LogP contribution is -2.49. The molecule has 0 aliphatic carbocycles. The maximum atomic E-state index is 13.3. The fourth-order valence-corrected chi connectivity index (χ4v) is 3.00. The van der Waals surface area contributed by atoms with E-state index in [9.17, 15) is 9.18 Å². The standard InChI is InChI=1S/C19H20FNO2/c1-14-12-21(19(22)16-8-5-9-17(20)11-16)13-18(23-14)10-15-6-3-2-4-7-15/h2-9,11,14,18H,10,12-13H2,1H3. The summed E-state index contributed by atoms with van der Waals surface area (Å²) >= 11 is 0. The molecule has 0 spiro atoms. The fraction of sp³-hybridized carbons (Fsp3) is 0.316. The number of amides is 1. The third-order valence-electron chi connectivity index (χ3n) is 3.99. The molecule has 1 amide bonds. The van der Waals surface area contributed by atoms with Gasteiger partial charge in [-0.25, -0.2) is 4.39 Å². The molecule has 0 aromatic heterocycles. The lowest BCUT2D eigenvalue weighted by atomic mass is 10.0. The summed E-state index contributed by atoms with van der Waals surface area (Å²) in [5.74, 6) is -0.532. The Morgan fingerprint density at radius 2 is 1.96 bits per heavy atom. The Bertz CT molecular complexity index is 674. The fourth-order valence-electron chi connectivity index (χ4n) is 3.00. The van der Waals surface area contributed by atoms with Gasteiger partial charge in [0.25, 0.3) is 5.91 Å². The molecule has 120 valence electrons. The Morgan fingerprint density at radius 1 is 1.17 bits per heavy atom. The van der Waals surface area contributed by atoms with Gasteiger partial charge >= 0.3 is 0 Å². The second kappa shape index (κ2) is 6.92. The summed E-state index contributed by atoms with van der Waals surface area (Å²) in [5.41, 5.74) is 1.57. The highest BCUT2D eigenvalue weighted by Crippen LogP contribution is 2.18. The van der Waals surface area contributed by atoms with Crippen LogP contribution in [0, 0.1) is 5.82 Å². The molecule has 0 saturated carbocycles. The van der Waals surface area contributed by atoms with Crippen LogP contribution in [0.4, 0.5) is 4.39 Å². The van der Waals surface area contributed by atoms with Gasteiger partial charge in [-0.05, 0) is 30.7 Å². The highest BCUT2D eigenvalue weighted by atomic mass is 19.1. The van der Waals surface area contributed by atoms with Gasteiger partial charge in [0, 0.05) is 25.1 Å². The minimum atomic E-state index is -0.391. The van der Waals surface area contributed by atoms with Crippen molar-refractivity contribution in [1.29, 1.82) is 0 Å². The maximum absolute atomic E-state index is 13.3. The number of benzene rings is 2. The number of carbonyl (C=O) groups is 1. The number of hydrogen-bond donors (Lipinski definition) is 0. The Morgan fingerprint density at radius 3 is 2.70 bits per heavy atom. The zero-order valence-electron chi connectivity index (χ0n) is 13.1. The molecule has 4 heteroatoms. The Balaban J connectivity index is 1.71. The third-order valence-corrected chi connectivity index (χ3v) is 3.99. The van der Waals surface area contributed by atoms with Gasteiger partial charge in [0.15, 0.2) is 0 Å². The van der Waals surface area contributed by atoms with Gasteiger partial charge in [0.1, 0.15) is 5.82 Å². The average molecular weight is 313 g/mol. The van der Waals surface area contributed by atoms with Crippen molar-refractivity contribution in [2.75, 3.05) is 13.1 Å². The summed E-state index contributed by atoms with van der Waals surface area (Å²) < 4.78 is 19.3. The number of nitrogens with zero attached hydrogens (tertiary/aromatic N) is 1. The van der Waals surface area contributed by atoms with Gasteiger partial charge in [-0.1, -0.05) is 36.4 Å². The van der Waals surface area contributed by atoms with E-state index < -0.39 is 5.82 Å². The van der Waals surface area contributed by atoms with E-state index in [1.807, 2.05) is 25.1 Å². The molecule has 3 nitrogen and oxygen atoms in total. The van der Waals surface area contributed by atoms with Crippen molar-refractivity contribution in [3.05, 3.63) is 71.5 Å². The summed E-state index contributed by atoms with van der Waals surface area (Å²) in [6, 6.07) is 15.9. The Kier molecular flexibility index (Phi) is 4.72. The largest absolute Gasteiger partial charge is 0.371 e. The average Bonchev–Trinajstić information content (AvgIpc) is 2.54. The quantitative estimate of drug-likeness (QED) is 0.870. The topological polar surface area (TPSA) is 29.5 Å². The molecule has 3 rings (SSSR count). The molecule has 0 bridgehead atoms. The van der Waals surface area contributed by atoms with Crippen LogP contribution in [0.2, 0.25) is 0 Å². The minimum absolute atomic E-state index is 0.0324. The first-order valence-electron chi connectivity index (χ1n) is 7.86. The SMILES string of the molecule is CC1CN(C(=O)c2cccc(F)c2)CC(Cc2ccccc2)O1. The third kappa shape index (κ3) is 3.96. The molecular weight excluding hydrogens is 293 g/mol. The first-order chi connectivity index (χ1) is 11.1. The van der Waals surface area contributed by atoms with E-state index in [-0.39, 0.29) is 18.1 Å². The van der Waals surface area contributed by atoms with E-state index in [1.54, 1.807) is 17.0 Å². The molecule has 23 heavy (non-hydrogen) atoms. The second-order valence-electron chi connectivity index (χ2n) is 5.98. The predicted molar refractivity (Wildman–Crippen MR) is 86.8 cm³/mol. The smallest absolute Gasteiger partial charge is 0.254 e. The van der Waals surface area contributed by atoms with E-state index in [0.29, 0.717) is 18.7 Å². The van der Waals surface area contributed by atoms with Crippen LogP contribution in [0.5, 0.6) is 0 Å². The monoisotopic (exact) mass is 313 g/mol. The molecule has 1 aliphatic heterocycles. The van der Waals surface area contributed by atoms with Crippen LogP contribution in [0.15, 0.2) is 54.6 Å². The predicted octanol–water partition coefficient (Wildman–Crippen LogP) is 3.30. The first-order valence-corrected chi connectivity index (χ1v) is 7.86. The van der Waals surface area contributed by atoms with Gasteiger partial charge in [0.05, 0.1) is 12.2 Å². The summed E-state index contributed by atoms with van der Waals surface area (Å²) in [4.78, 5) is 14.4. The molecule has 2 aromatic carbocycles. The molecule has 0 N–H and O–H groups in total. The van der Waals surface area contributed by atoms with Gasteiger partial charge in [-0.3, -0.25) is 4.79 Å². The van der Waals surface area contributed by atoms with E-state index >= 15 is 0 Å². The second-order valence-corrected chi connectivity index (χ2v) is 5.98. The van der Waals surface area contributed by atoms with Gasteiger partial charge in [0.2, 0.25) is 0 Å². The number of ether oxygens (including phenoxy) is 1. The summed E-state index contributed by atoms with van der Waals surface area (Å²) in [6.45, 7) is 3.01. The van der Waals surface area contributed by atoms with Crippen molar-refractivity contribution in [2.45, 2.75) is 25.6 Å². The molecule has 1 heterocycles. The highest BCUT2D eigenvalue weighted by molar-refractivity contribution is 5.94. The van der Waals surface area contributed by atoms with Crippen molar-refractivity contribution >= 4 is 5.91 Å².